The fourth-order valence-electron chi connectivity index (χ4n) is 1.27. The Morgan fingerprint density at radius 3 is 2.04 bits per heavy atom. The Labute approximate surface area is 135 Å². The van der Waals surface area contributed by atoms with Crippen molar-refractivity contribution in [2.45, 2.75) is 12.8 Å². The monoisotopic (exact) mass is 334 g/mol. The van der Waals surface area contributed by atoms with E-state index in [9.17, 15) is 9.59 Å². The molecule has 0 rings (SSSR count). The quantitative estimate of drug-likeness (QED) is 0.194. The Hall–Kier alpha value is -1.52. The van der Waals surface area contributed by atoms with Crippen LogP contribution in [0.2, 0.25) is 0 Å². The Morgan fingerprint density at radius 2 is 1.48 bits per heavy atom. The van der Waals surface area contributed by atoms with Gasteiger partial charge in [-0.15, -0.1) is 0 Å². The van der Waals surface area contributed by atoms with E-state index in [1.807, 2.05) is 0 Å². The molecular weight excluding hydrogens is 308 g/mol. The highest BCUT2D eigenvalue weighted by atomic mass is 16.7. The molecule has 0 aliphatic heterocycles. The maximum Gasteiger partial charge on any atom is 0.349 e. The van der Waals surface area contributed by atoms with E-state index in [2.05, 4.69) is 10.3 Å². The molecule has 23 heavy (non-hydrogen) atoms. The van der Waals surface area contributed by atoms with Crippen molar-refractivity contribution >= 4 is 11.9 Å². The predicted molar refractivity (Wildman–Crippen MR) is 81.6 cm³/mol. The third kappa shape index (κ3) is 18.4. The first kappa shape index (κ1) is 21.5. The summed E-state index contributed by atoms with van der Waals surface area (Å²) in [7, 11) is 0. The van der Waals surface area contributed by atoms with E-state index in [1.54, 1.807) is 0 Å². The average molecular weight is 334 g/mol. The summed E-state index contributed by atoms with van der Waals surface area (Å²) >= 11 is 0. The minimum absolute atomic E-state index is 0.405. The molecule has 0 aromatic carbocycles. The lowest BCUT2D eigenvalue weighted by Crippen LogP contribution is -2.21. The summed E-state index contributed by atoms with van der Waals surface area (Å²) in [5.74, 6) is -1.98. The summed E-state index contributed by atoms with van der Waals surface area (Å²) in [6.45, 7) is 4.21. The van der Waals surface area contributed by atoms with Crippen LogP contribution >= 0.6 is 0 Å². The first-order valence-corrected chi connectivity index (χ1v) is 7.44. The van der Waals surface area contributed by atoms with Gasteiger partial charge in [-0.1, -0.05) is 0 Å². The van der Waals surface area contributed by atoms with E-state index in [0.717, 1.165) is 12.5 Å². The van der Waals surface area contributed by atoms with Crippen molar-refractivity contribution in [3.8, 4) is 0 Å². The molecule has 0 aromatic rings. The van der Waals surface area contributed by atoms with Crippen LogP contribution in [0.15, 0.2) is 12.2 Å². The zero-order chi connectivity index (χ0) is 17.2. The van der Waals surface area contributed by atoms with E-state index in [1.165, 1.54) is 0 Å². The number of aliphatic carboxylic acids is 1. The van der Waals surface area contributed by atoms with Gasteiger partial charge in [-0.3, -0.25) is 0 Å². The van der Waals surface area contributed by atoms with Gasteiger partial charge in [0.05, 0.1) is 26.4 Å². The molecule has 0 heterocycles. The third-order valence-corrected chi connectivity index (χ3v) is 2.34. The van der Waals surface area contributed by atoms with Crippen LogP contribution in [0.25, 0.3) is 0 Å². The molecule has 0 atom stereocenters. The first-order chi connectivity index (χ1) is 11.2. The third-order valence-electron chi connectivity index (χ3n) is 2.34. The number of hydrogen-bond acceptors (Lipinski definition) is 8. The van der Waals surface area contributed by atoms with Crippen molar-refractivity contribution in [1.29, 1.82) is 0 Å². The van der Waals surface area contributed by atoms with Crippen LogP contribution in [0.4, 0.5) is 0 Å². The lowest BCUT2D eigenvalue weighted by atomic mass is 10.5. The van der Waals surface area contributed by atoms with Crippen molar-refractivity contribution in [1.82, 2.24) is 5.48 Å². The SMILES string of the molecule is NCCCOCCOCCOCCCNOC(=O)/C=C\C(=O)O. The molecule has 9 nitrogen and oxygen atoms in total. The van der Waals surface area contributed by atoms with Gasteiger partial charge in [0.2, 0.25) is 0 Å². The van der Waals surface area contributed by atoms with Crippen LogP contribution in [0.3, 0.4) is 0 Å². The lowest BCUT2D eigenvalue weighted by molar-refractivity contribution is -0.145. The van der Waals surface area contributed by atoms with E-state index < -0.39 is 11.9 Å². The van der Waals surface area contributed by atoms with E-state index >= 15 is 0 Å². The van der Waals surface area contributed by atoms with Gasteiger partial charge in [0.25, 0.3) is 0 Å². The van der Waals surface area contributed by atoms with Gasteiger partial charge >= 0.3 is 11.9 Å². The van der Waals surface area contributed by atoms with Crippen LogP contribution in [-0.4, -0.2) is 69.8 Å². The summed E-state index contributed by atoms with van der Waals surface area (Å²) in [5.41, 5.74) is 7.74. The molecule has 134 valence electrons. The van der Waals surface area contributed by atoms with Gasteiger partial charge in [-0.05, 0) is 19.4 Å². The summed E-state index contributed by atoms with van der Waals surface area (Å²) in [6, 6.07) is 0. The van der Waals surface area contributed by atoms with Gasteiger partial charge in [-0.25, -0.2) is 9.59 Å². The van der Waals surface area contributed by atoms with Crippen molar-refractivity contribution in [3.63, 3.8) is 0 Å². The molecule has 0 aliphatic rings. The summed E-state index contributed by atoms with van der Waals surface area (Å²) in [5, 5.41) is 8.30. The van der Waals surface area contributed by atoms with Gasteiger partial charge in [0, 0.05) is 31.9 Å². The maximum absolute atomic E-state index is 11.0. The first-order valence-electron chi connectivity index (χ1n) is 7.44. The highest BCUT2D eigenvalue weighted by molar-refractivity contribution is 5.90. The fourth-order valence-corrected chi connectivity index (χ4v) is 1.27. The Kier molecular flexibility index (Phi) is 15.7. The molecule has 0 radical (unpaired) electrons. The van der Waals surface area contributed by atoms with Crippen molar-refractivity contribution in [3.05, 3.63) is 12.2 Å². The van der Waals surface area contributed by atoms with Gasteiger partial charge in [0.15, 0.2) is 0 Å². The number of carbonyl (C=O) groups is 2. The topological polar surface area (TPSA) is 129 Å². The lowest BCUT2D eigenvalue weighted by Gasteiger charge is -2.07. The van der Waals surface area contributed by atoms with Crippen LogP contribution in [0, 0.1) is 0 Å². The van der Waals surface area contributed by atoms with Gasteiger partial charge < -0.3 is 29.9 Å². The average Bonchev–Trinajstić information content (AvgIpc) is 2.53. The van der Waals surface area contributed by atoms with Crippen molar-refractivity contribution < 1.29 is 33.7 Å². The fraction of sp³-hybridized carbons (Fsp3) is 0.714. The number of carbonyl (C=O) groups excluding carboxylic acids is 1. The molecule has 0 fully saturated rings. The molecule has 0 saturated heterocycles. The number of nitrogens with one attached hydrogen (secondary N) is 1. The number of hydrogen-bond donors (Lipinski definition) is 3. The molecular formula is C14H26N2O7. The minimum atomic E-state index is -1.21. The Balaban J connectivity index is 3.16. The molecule has 0 bridgehead atoms. The molecule has 0 aromatic heterocycles. The summed E-state index contributed by atoms with van der Waals surface area (Å²) in [6.07, 6.45) is 3.01. The highest BCUT2D eigenvalue weighted by Crippen LogP contribution is 1.86. The number of carboxylic acid groups (broad SMARTS) is 1. The maximum atomic E-state index is 11.0. The second-order valence-corrected chi connectivity index (χ2v) is 4.32. The number of ether oxygens (including phenoxy) is 3. The van der Waals surface area contributed by atoms with Crippen LogP contribution in [-0.2, 0) is 28.6 Å². The second kappa shape index (κ2) is 16.8. The highest BCUT2D eigenvalue weighted by Gasteiger charge is 1.98. The second-order valence-electron chi connectivity index (χ2n) is 4.32. The van der Waals surface area contributed by atoms with Crippen LogP contribution < -0.4 is 11.2 Å². The molecule has 0 amide bonds. The predicted octanol–water partition coefficient (Wildman–Crippen LogP) is -0.536. The van der Waals surface area contributed by atoms with E-state index in [4.69, 9.17) is 25.1 Å². The normalized spacial score (nSPS) is 11.0. The Morgan fingerprint density at radius 1 is 0.913 bits per heavy atom. The van der Waals surface area contributed by atoms with Gasteiger partial charge in [0.1, 0.15) is 0 Å². The molecule has 4 N–H and O–H groups in total. The number of rotatable bonds is 16. The largest absolute Gasteiger partial charge is 0.478 e. The molecule has 9 heteroatoms. The molecule has 0 saturated carbocycles. The number of hydroxylamine groups is 1. The van der Waals surface area contributed by atoms with Crippen LogP contribution in [0.1, 0.15) is 12.8 Å². The zero-order valence-electron chi connectivity index (χ0n) is 13.2. The molecule has 0 aliphatic carbocycles. The smallest absolute Gasteiger partial charge is 0.349 e. The Bertz CT molecular complexity index is 337. The van der Waals surface area contributed by atoms with E-state index in [0.29, 0.717) is 65.2 Å². The standard InChI is InChI=1S/C14H26N2O7/c15-5-1-7-20-9-11-22-12-10-21-8-2-6-16-23-14(19)4-3-13(17)18/h3-4,16H,1-2,5-12,15H2,(H,17,18)/b4-3-. The van der Waals surface area contributed by atoms with E-state index in [-0.39, 0.29) is 0 Å². The zero-order valence-corrected chi connectivity index (χ0v) is 13.2. The number of nitrogens with two attached hydrogens (primary N) is 1. The molecule has 0 spiro atoms. The molecule has 0 unspecified atom stereocenters. The van der Waals surface area contributed by atoms with Crippen molar-refractivity contribution in [2.75, 3.05) is 52.7 Å². The van der Waals surface area contributed by atoms with Gasteiger partial charge in [-0.2, -0.15) is 5.48 Å². The van der Waals surface area contributed by atoms with Crippen LogP contribution in [0.5, 0.6) is 0 Å². The summed E-state index contributed by atoms with van der Waals surface area (Å²) < 4.78 is 15.9. The minimum Gasteiger partial charge on any atom is -0.478 e. The number of carboxylic acids is 1. The van der Waals surface area contributed by atoms with Crippen molar-refractivity contribution in [2.24, 2.45) is 5.73 Å². The summed E-state index contributed by atoms with van der Waals surface area (Å²) in [4.78, 5) is 25.7.